The summed E-state index contributed by atoms with van der Waals surface area (Å²) in [6.45, 7) is 2.85. The Hall–Kier alpha value is -2.07. The van der Waals surface area contributed by atoms with Crippen LogP contribution in [0.1, 0.15) is 69.8 Å². The summed E-state index contributed by atoms with van der Waals surface area (Å²) < 4.78 is 39.3. The quantitative estimate of drug-likeness (QED) is 0.651. The molecule has 1 aromatic carbocycles. The topological polar surface area (TPSA) is 56.1 Å². The second kappa shape index (κ2) is 8.82. The van der Waals surface area contributed by atoms with Crippen LogP contribution in [0.3, 0.4) is 0 Å². The van der Waals surface area contributed by atoms with E-state index in [2.05, 4.69) is 16.3 Å². The smallest absolute Gasteiger partial charge is 0.264 e. The van der Waals surface area contributed by atoms with E-state index in [1.165, 1.54) is 6.42 Å². The molecule has 31 heavy (non-hydrogen) atoms. The zero-order valence-electron chi connectivity index (χ0n) is 17.8. The van der Waals surface area contributed by atoms with E-state index in [1.54, 1.807) is 0 Å². The van der Waals surface area contributed by atoms with Gasteiger partial charge in [0.2, 0.25) is 5.91 Å². The van der Waals surface area contributed by atoms with Crippen molar-refractivity contribution in [1.82, 2.24) is 4.90 Å². The maximum Gasteiger partial charge on any atom is 0.264 e. The highest BCUT2D eigenvalue weighted by molar-refractivity contribution is 5.92. The molecule has 0 bridgehead atoms. The predicted octanol–water partition coefficient (Wildman–Crippen LogP) is 5.67. The zero-order valence-corrected chi connectivity index (χ0v) is 17.8. The molecular weight excluding hydrogens is 403 g/mol. The highest BCUT2D eigenvalue weighted by Crippen LogP contribution is 2.48. The lowest BCUT2D eigenvalue weighted by Crippen LogP contribution is -2.60. The Morgan fingerprint density at radius 3 is 2.42 bits per heavy atom. The normalized spacial score (nSPS) is 23.3. The van der Waals surface area contributed by atoms with Crippen LogP contribution in [-0.4, -0.2) is 30.4 Å². The van der Waals surface area contributed by atoms with E-state index < -0.39 is 17.8 Å². The van der Waals surface area contributed by atoms with Gasteiger partial charge in [0.25, 0.3) is 6.43 Å². The lowest BCUT2D eigenvalue weighted by molar-refractivity contribution is -0.123. The molecule has 1 amide bonds. The summed E-state index contributed by atoms with van der Waals surface area (Å²) in [5, 5.41) is 12.3. The molecule has 0 aromatic heterocycles. The molecule has 0 unspecified atom stereocenters. The molecule has 1 spiro atoms. The summed E-state index contributed by atoms with van der Waals surface area (Å²) in [5.41, 5.74) is -0.284. The van der Waals surface area contributed by atoms with Gasteiger partial charge in [-0.2, -0.15) is 5.26 Å². The van der Waals surface area contributed by atoms with Gasteiger partial charge in [-0.15, -0.1) is 0 Å². The molecule has 1 N–H and O–H groups in total. The van der Waals surface area contributed by atoms with Crippen LogP contribution in [0.2, 0.25) is 0 Å². The highest BCUT2D eigenvalue weighted by Gasteiger charge is 2.48. The first-order chi connectivity index (χ1) is 14.8. The van der Waals surface area contributed by atoms with Crippen LogP contribution in [-0.2, 0) is 4.79 Å². The number of carbonyl (C=O) groups is 1. The summed E-state index contributed by atoms with van der Waals surface area (Å²) in [6.07, 6.45) is 6.15. The number of amides is 1. The number of carbonyl (C=O) groups excluding carboxylic acids is 1. The van der Waals surface area contributed by atoms with E-state index >= 15 is 0 Å². The molecule has 7 heteroatoms. The van der Waals surface area contributed by atoms with E-state index in [-0.39, 0.29) is 28.3 Å². The first-order valence-corrected chi connectivity index (χ1v) is 11.4. The average Bonchev–Trinajstić information content (AvgIpc) is 2.73. The van der Waals surface area contributed by atoms with Crippen LogP contribution in [0.4, 0.5) is 18.9 Å². The number of anilines is 1. The third kappa shape index (κ3) is 4.90. The maximum atomic E-state index is 13.6. The predicted molar refractivity (Wildman–Crippen MR) is 112 cm³/mol. The Kier molecular flexibility index (Phi) is 6.30. The van der Waals surface area contributed by atoms with Crippen LogP contribution in [0.25, 0.3) is 0 Å². The Balaban J connectivity index is 1.27. The first-order valence-electron chi connectivity index (χ1n) is 11.4. The largest absolute Gasteiger partial charge is 0.326 e. The average molecular weight is 434 g/mol. The number of nitrogens with one attached hydrogen (secondary N) is 1. The van der Waals surface area contributed by atoms with Gasteiger partial charge in [-0.25, -0.2) is 13.2 Å². The second-order valence-electron chi connectivity index (χ2n) is 9.94. The first kappa shape index (κ1) is 22.1. The number of halogens is 3. The molecule has 168 valence electrons. The lowest BCUT2D eigenvalue weighted by Gasteiger charge is -2.55. The number of benzene rings is 1. The van der Waals surface area contributed by atoms with Gasteiger partial charge in [0.05, 0.1) is 11.5 Å². The number of hydrogen-bond acceptors (Lipinski definition) is 3. The molecule has 1 aliphatic heterocycles. The molecule has 1 heterocycles. The molecule has 0 radical (unpaired) electrons. The number of nitrogens with zero attached hydrogens (tertiary/aromatic N) is 2. The number of alkyl halides is 2. The number of rotatable bonds is 5. The van der Waals surface area contributed by atoms with E-state index in [4.69, 9.17) is 0 Å². The monoisotopic (exact) mass is 433 g/mol. The fraction of sp³-hybridized carbons (Fsp3) is 0.667. The van der Waals surface area contributed by atoms with Gasteiger partial charge >= 0.3 is 0 Å². The van der Waals surface area contributed by atoms with E-state index in [9.17, 15) is 23.2 Å². The Labute approximate surface area is 181 Å². The van der Waals surface area contributed by atoms with Gasteiger partial charge in [0.15, 0.2) is 0 Å². The second-order valence-corrected chi connectivity index (χ2v) is 9.94. The number of nitriles is 1. The zero-order chi connectivity index (χ0) is 22.1. The van der Waals surface area contributed by atoms with Crippen LogP contribution >= 0.6 is 0 Å². The molecule has 1 aromatic rings. The van der Waals surface area contributed by atoms with Gasteiger partial charge in [-0.1, -0.05) is 19.3 Å². The molecule has 0 atom stereocenters. The van der Waals surface area contributed by atoms with E-state index in [1.807, 2.05) is 0 Å². The van der Waals surface area contributed by atoms with Crippen molar-refractivity contribution in [2.24, 2.45) is 16.7 Å². The van der Waals surface area contributed by atoms with Crippen molar-refractivity contribution < 1.29 is 18.0 Å². The standard InChI is InChI=1S/C24H30F3N3O/c25-19-10-18(21(26)27)11-20(12-19)29-22(31)17-4-8-24(9-5-17)15-30(16-24)14-23(13-28)6-2-1-3-7-23/h10-12,17,21H,1-9,14-16H2,(H,29,31). The summed E-state index contributed by atoms with van der Waals surface area (Å²) in [7, 11) is 0. The minimum absolute atomic E-state index is 0.0877. The molecule has 3 aliphatic rings. The number of likely N-dealkylation sites (tertiary alicyclic amines) is 1. The van der Waals surface area contributed by atoms with Crippen LogP contribution in [0.15, 0.2) is 18.2 Å². The van der Waals surface area contributed by atoms with Crippen molar-refractivity contribution in [3.8, 4) is 6.07 Å². The molecule has 3 fully saturated rings. The van der Waals surface area contributed by atoms with E-state index in [0.717, 1.165) is 89.2 Å². The lowest BCUT2D eigenvalue weighted by atomic mass is 9.64. The Bertz CT molecular complexity index is 844. The van der Waals surface area contributed by atoms with Crippen molar-refractivity contribution in [3.05, 3.63) is 29.6 Å². The van der Waals surface area contributed by atoms with Crippen LogP contribution < -0.4 is 5.32 Å². The maximum absolute atomic E-state index is 13.6. The van der Waals surface area contributed by atoms with Gasteiger partial charge in [0.1, 0.15) is 5.82 Å². The third-order valence-corrected chi connectivity index (χ3v) is 7.55. The third-order valence-electron chi connectivity index (χ3n) is 7.55. The van der Waals surface area contributed by atoms with Crippen molar-refractivity contribution in [1.29, 1.82) is 5.26 Å². The molecule has 2 saturated carbocycles. The van der Waals surface area contributed by atoms with Gasteiger partial charge in [0, 0.05) is 36.8 Å². The molecule has 1 saturated heterocycles. The van der Waals surface area contributed by atoms with E-state index in [0.29, 0.717) is 0 Å². The summed E-state index contributed by atoms with van der Waals surface area (Å²) >= 11 is 0. The summed E-state index contributed by atoms with van der Waals surface area (Å²) in [4.78, 5) is 15.0. The summed E-state index contributed by atoms with van der Waals surface area (Å²) in [6, 6.07) is 5.60. The fourth-order valence-corrected chi connectivity index (χ4v) is 5.84. The van der Waals surface area contributed by atoms with Crippen molar-refractivity contribution in [2.75, 3.05) is 25.0 Å². The molecule has 2 aliphatic carbocycles. The Morgan fingerprint density at radius 2 is 1.81 bits per heavy atom. The molecule has 4 rings (SSSR count). The van der Waals surface area contributed by atoms with Gasteiger partial charge in [-0.05, 0) is 62.1 Å². The SMILES string of the molecule is N#CC1(CN2CC3(CCC(C(=O)Nc4cc(F)cc(C(F)F)c4)CC3)C2)CCCCC1. The number of hydrogen-bond donors (Lipinski definition) is 1. The minimum atomic E-state index is -2.78. The van der Waals surface area contributed by atoms with Gasteiger partial charge < -0.3 is 10.2 Å². The van der Waals surface area contributed by atoms with Crippen LogP contribution in [0.5, 0.6) is 0 Å². The van der Waals surface area contributed by atoms with Crippen molar-refractivity contribution in [2.45, 2.75) is 64.2 Å². The Morgan fingerprint density at radius 1 is 1.13 bits per heavy atom. The molecular formula is C24H30F3N3O. The highest BCUT2D eigenvalue weighted by atomic mass is 19.3. The van der Waals surface area contributed by atoms with Crippen molar-refractivity contribution >= 4 is 11.6 Å². The molecule has 4 nitrogen and oxygen atoms in total. The van der Waals surface area contributed by atoms with Crippen LogP contribution in [0, 0.1) is 33.9 Å². The summed E-state index contributed by atoms with van der Waals surface area (Å²) in [5.74, 6) is -1.18. The minimum Gasteiger partial charge on any atom is -0.326 e. The van der Waals surface area contributed by atoms with Gasteiger partial charge in [-0.3, -0.25) is 4.79 Å². The fourth-order valence-electron chi connectivity index (χ4n) is 5.84. The van der Waals surface area contributed by atoms with Crippen molar-refractivity contribution in [3.63, 3.8) is 0 Å².